The van der Waals surface area contributed by atoms with E-state index in [4.69, 9.17) is 4.74 Å². The topological polar surface area (TPSA) is 102 Å². The molecular weight excluding hydrogens is 380 g/mol. The van der Waals surface area contributed by atoms with Crippen molar-refractivity contribution in [1.29, 1.82) is 0 Å². The van der Waals surface area contributed by atoms with E-state index in [-0.39, 0.29) is 22.8 Å². The molecule has 0 aliphatic carbocycles. The van der Waals surface area contributed by atoms with Crippen LogP contribution in [-0.2, 0) is 25.0 Å². The van der Waals surface area contributed by atoms with Gasteiger partial charge in [0.1, 0.15) is 5.75 Å². The Balaban J connectivity index is 1.92. The summed E-state index contributed by atoms with van der Waals surface area (Å²) >= 11 is 0. The molecule has 0 spiro atoms. The quantitative estimate of drug-likeness (QED) is 0.771. The SMILES string of the molecule is CC(=O)NS(=O)(=O)c1ccc(NC(=O)COc2ccc(C(C)(C)C)cc2)cc1. The number of carbonyl (C=O) groups is 2. The fraction of sp³-hybridized carbons (Fsp3) is 0.300. The average Bonchev–Trinajstić information content (AvgIpc) is 2.59. The molecule has 8 heteroatoms. The number of nitrogens with one attached hydrogen (secondary N) is 2. The summed E-state index contributed by atoms with van der Waals surface area (Å²) in [6.45, 7) is 7.28. The zero-order valence-corrected chi connectivity index (χ0v) is 17.1. The molecule has 2 amide bonds. The van der Waals surface area contributed by atoms with Crippen molar-refractivity contribution in [2.45, 2.75) is 38.0 Å². The minimum absolute atomic E-state index is 0.0372. The van der Waals surface area contributed by atoms with Crippen molar-refractivity contribution >= 4 is 27.5 Å². The Morgan fingerprint density at radius 2 is 1.54 bits per heavy atom. The molecule has 2 aromatic rings. The number of hydrogen-bond donors (Lipinski definition) is 2. The van der Waals surface area contributed by atoms with Gasteiger partial charge in [0.2, 0.25) is 5.91 Å². The molecule has 0 atom stereocenters. The molecule has 2 rings (SSSR count). The summed E-state index contributed by atoms with van der Waals surface area (Å²) in [5.74, 6) is -0.470. The lowest BCUT2D eigenvalue weighted by Gasteiger charge is -2.19. The predicted molar refractivity (Wildman–Crippen MR) is 107 cm³/mol. The number of carbonyl (C=O) groups excluding carboxylic acids is 2. The standard InChI is InChI=1S/C20H24N2O5S/c1-14(23)22-28(25,26)18-11-7-16(8-12-18)21-19(24)13-27-17-9-5-15(6-10-17)20(2,3)4/h5-12H,13H2,1-4H3,(H,21,24)(H,22,23). The summed E-state index contributed by atoms with van der Waals surface area (Å²) in [7, 11) is -3.90. The Kier molecular flexibility index (Phi) is 6.45. The van der Waals surface area contributed by atoms with E-state index in [1.807, 2.05) is 29.0 Å². The molecule has 0 saturated carbocycles. The lowest BCUT2D eigenvalue weighted by molar-refractivity contribution is -0.118. The maximum atomic E-state index is 12.0. The molecule has 0 bridgehead atoms. The van der Waals surface area contributed by atoms with Gasteiger partial charge >= 0.3 is 0 Å². The highest BCUT2D eigenvalue weighted by molar-refractivity contribution is 7.90. The van der Waals surface area contributed by atoms with Crippen molar-refractivity contribution in [2.75, 3.05) is 11.9 Å². The Hall–Kier alpha value is -2.87. The molecule has 2 N–H and O–H groups in total. The van der Waals surface area contributed by atoms with Crippen LogP contribution in [0.4, 0.5) is 5.69 Å². The molecular formula is C20H24N2O5S. The normalized spacial score (nSPS) is 11.6. The lowest BCUT2D eigenvalue weighted by Crippen LogP contribution is -2.28. The van der Waals surface area contributed by atoms with Crippen LogP contribution in [0.1, 0.15) is 33.3 Å². The Morgan fingerprint density at radius 3 is 2.04 bits per heavy atom. The van der Waals surface area contributed by atoms with Gasteiger partial charge in [-0.1, -0.05) is 32.9 Å². The molecule has 150 valence electrons. The summed E-state index contributed by atoms with van der Waals surface area (Å²) in [6.07, 6.45) is 0. The predicted octanol–water partition coefficient (Wildman–Crippen LogP) is 2.83. The van der Waals surface area contributed by atoms with Gasteiger partial charge in [-0.25, -0.2) is 13.1 Å². The van der Waals surface area contributed by atoms with Crippen LogP contribution in [0, 0.1) is 0 Å². The van der Waals surface area contributed by atoms with Crippen molar-refractivity contribution in [2.24, 2.45) is 0 Å². The van der Waals surface area contributed by atoms with Crippen LogP contribution in [0.5, 0.6) is 5.75 Å². The van der Waals surface area contributed by atoms with Crippen LogP contribution in [0.15, 0.2) is 53.4 Å². The van der Waals surface area contributed by atoms with Gasteiger partial charge in [0, 0.05) is 12.6 Å². The molecule has 7 nitrogen and oxygen atoms in total. The van der Waals surface area contributed by atoms with Crippen molar-refractivity contribution in [3.8, 4) is 5.75 Å². The molecule has 0 heterocycles. The third kappa shape index (κ3) is 6.09. The number of rotatable bonds is 6. The largest absolute Gasteiger partial charge is 0.484 e. The van der Waals surface area contributed by atoms with Crippen molar-refractivity contribution in [3.63, 3.8) is 0 Å². The highest BCUT2D eigenvalue weighted by Crippen LogP contribution is 2.24. The van der Waals surface area contributed by atoms with Gasteiger partial charge in [-0.2, -0.15) is 0 Å². The summed E-state index contributed by atoms with van der Waals surface area (Å²) in [6, 6.07) is 13.0. The number of sulfonamides is 1. The van der Waals surface area contributed by atoms with Crippen LogP contribution >= 0.6 is 0 Å². The van der Waals surface area contributed by atoms with Crippen LogP contribution < -0.4 is 14.8 Å². The first-order chi connectivity index (χ1) is 13.0. The van der Waals surface area contributed by atoms with E-state index < -0.39 is 15.9 Å². The van der Waals surface area contributed by atoms with Crippen LogP contribution in [0.3, 0.4) is 0 Å². The van der Waals surface area contributed by atoms with Gasteiger partial charge in [-0.15, -0.1) is 0 Å². The second-order valence-corrected chi connectivity index (χ2v) is 8.98. The molecule has 0 saturated heterocycles. The van der Waals surface area contributed by atoms with E-state index in [2.05, 4.69) is 26.1 Å². The smallest absolute Gasteiger partial charge is 0.264 e. The minimum atomic E-state index is -3.90. The first-order valence-electron chi connectivity index (χ1n) is 8.64. The van der Waals surface area contributed by atoms with Gasteiger partial charge in [0.15, 0.2) is 6.61 Å². The Morgan fingerprint density at radius 1 is 0.964 bits per heavy atom. The van der Waals surface area contributed by atoms with Gasteiger partial charge in [0.25, 0.3) is 15.9 Å². The zero-order chi connectivity index (χ0) is 20.9. The minimum Gasteiger partial charge on any atom is -0.484 e. The molecule has 0 aliphatic rings. The number of hydrogen-bond acceptors (Lipinski definition) is 5. The summed E-state index contributed by atoms with van der Waals surface area (Å²) in [5, 5.41) is 2.62. The third-order valence-electron chi connectivity index (χ3n) is 3.82. The molecule has 28 heavy (non-hydrogen) atoms. The lowest BCUT2D eigenvalue weighted by atomic mass is 9.87. The van der Waals surface area contributed by atoms with Gasteiger partial charge in [-0.3, -0.25) is 9.59 Å². The maximum absolute atomic E-state index is 12.0. The van der Waals surface area contributed by atoms with E-state index in [9.17, 15) is 18.0 Å². The van der Waals surface area contributed by atoms with Crippen molar-refractivity contribution in [3.05, 3.63) is 54.1 Å². The Labute approximate surface area is 165 Å². The van der Waals surface area contributed by atoms with E-state index in [1.165, 1.54) is 29.8 Å². The summed E-state index contributed by atoms with van der Waals surface area (Å²) in [4.78, 5) is 22.9. The highest BCUT2D eigenvalue weighted by Gasteiger charge is 2.16. The monoisotopic (exact) mass is 404 g/mol. The van der Waals surface area contributed by atoms with Crippen molar-refractivity contribution in [1.82, 2.24) is 4.72 Å². The summed E-state index contributed by atoms with van der Waals surface area (Å²) in [5.41, 5.74) is 1.62. The van der Waals surface area contributed by atoms with Gasteiger partial charge in [0.05, 0.1) is 4.90 Å². The van der Waals surface area contributed by atoms with E-state index >= 15 is 0 Å². The second kappa shape index (κ2) is 8.43. The molecule has 0 fully saturated rings. The fourth-order valence-corrected chi connectivity index (χ4v) is 3.35. The first-order valence-corrected chi connectivity index (χ1v) is 10.1. The summed E-state index contributed by atoms with van der Waals surface area (Å²) < 4.78 is 31.1. The van der Waals surface area contributed by atoms with E-state index in [1.54, 1.807) is 0 Å². The molecule has 0 aliphatic heterocycles. The van der Waals surface area contributed by atoms with Gasteiger partial charge < -0.3 is 10.1 Å². The van der Waals surface area contributed by atoms with Crippen LogP contribution in [-0.4, -0.2) is 26.8 Å². The number of anilines is 1. The highest BCUT2D eigenvalue weighted by atomic mass is 32.2. The molecule has 0 aromatic heterocycles. The fourth-order valence-electron chi connectivity index (χ4n) is 2.36. The van der Waals surface area contributed by atoms with E-state index in [0.717, 1.165) is 6.92 Å². The zero-order valence-electron chi connectivity index (χ0n) is 16.3. The van der Waals surface area contributed by atoms with Crippen LogP contribution in [0.25, 0.3) is 0 Å². The molecule has 0 unspecified atom stereocenters. The van der Waals surface area contributed by atoms with E-state index in [0.29, 0.717) is 11.4 Å². The first kappa shape index (κ1) is 21.4. The van der Waals surface area contributed by atoms with Crippen molar-refractivity contribution < 1.29 is 22.7 Å². The third-order valence-corrected chi connectivity index (χ3v) is 5.27. The molecule has 2 aromatic carbocycles. The Bertz CT molecular complexity index is 944. The average molecular weight is 404 g/mol. The maximum Gasteiger partial charge on any atom is 0.264 e. The number of ether oxygens (including phenoxy) is 1. The number of benzene rings is 2. The second-order valence-electron chi connectivity index (χ2n) is 7.30. The number of amides is 2. The molecule has 0 radical (unpaired) electrons. The van der Waals surface area contributed by atoms with Crippen LogP contribution in [0.2, 0.25) is 0 Å². The van der Waals surface area contributed by atoms with Gasteiger partial charge in [-0.05, 0) is 47.4 Å².